The SMILES string of the molecule is O=c1ccc2c(-c3c(O)ccc4ccc(O)cc34)cc3[nH]c4ncccc4nc3c2c1. The Hall–Kier alpha value is -4.45. The predicted octanol–water partition coefficient (Wildman–Crippen LogP) is 4.86. The van der Waals surface area contributed by atoms with Gasteiger partial charge in [-0.2, -0.15) is 0 Å². The number of phenols is 2. The van der Waals surface area contributed by atoms with Crippen molar-refractivity contribution < 1.29 is 10.2 Å². The second kappa shape index (κ2) is 6.27. The molecule has 4 aromatic carbocycles. The van der Waals surface area contributed by atoms with Crippen LogP contribution in [0.2, 0.25) is 0 Å². The van der Waals surface area contributed by atoms with Crippen LogP contribution in [-0.4, -0.2) is 25.2 Å². The molecule has 2 aromatic heterocycles. The molecule has 6 heteroatoms. The Morgan fingerprint density at radius 2 is 1.71 bits per heavy atom. The first-order valence-corrected chi connectivity index (χ1v) is 9.75. The van der Waals surface area contributed by atoms with E-state index in [0.717, 1.165) is 16.3 Å². The molecule has 6 aromatic rings. The lowest BCUT2D eigenvalue weighted by Crippen LogP contribution is -1.99. The number of hydrogen-bond acceptors (Lipinski definition) is 5. The van der Waals surface area contributed by atoms with Crippen LogP contribution < -0.4 is 5.43 Å². The van der Waals surface area contributed by atoms with E-state index in [-0.39, 0.29) is 16.9 Å². The third-order valence-corrected chi connectivity index (χ3v) is 5.60. The Morgan fingerprint density at radius 1 is 0.839 bits per heavy atom. The number of fused-ring (bicyclic) bond motifs is 5. The van der Waals surface area contributed by atoms with E-state index in [2.05, 4.69) is 9.97 Å². The highest BCUT2D eigenvalue weighted by Crippen LogP contribution is 2.42. The van der Waals surface area contributed by atoms with Crippen molar-refractivity contribution in [3.63, 3.8) is 0 Å². The van der Waals surface area contributed by atoms with Gasteiger partial charge in [-0.15, -0.1) is 0 Å². The minimum Gasteiger partial charge on any atom is -0.508 e. The topological polar surface area (TPSA) is 99.1 Å². The van der Waals surface area contributed by atoms with Gasteiger partial charge in [-0.1, -0.05) is 12.1 Å². The zero-order chi connectivity index (χ0) is 21.1. The van der Waals surface area contributed by atoms with Gasteiger partial charge in [-0.3, -0.25) is 4.79 Å². The fourth-order valence-corrected chi connectivity index (χ4v) is 4.22. The summed E-state index contributed by atoms with van der Waals surface area (Å²) in [6.07, 6.45) is 1.68. The van der Waals surface area contributed by atoms with E-state index in [1.165, 1.54) is 6.07 Å². The quantitative estimate of drug-likeness (QED) is 0.268. The Bertz CT molecular complexity index is 1730. The third-order valence-electron chi connectivity index (χ3n) is 5.60. The molecular formula is C25H15N3O3. The molecule has 148 valence electrons. The minimum absolute atomic E-state index is 0.0804. The number of aromatic nitrogens is 3. The number of H-pyrrole nitrogens is 1. The van der Waals surface area contributed by atoms with Gasteiger partial charge in [-0.05, 0) is 76.3 Å². The summed E-state index contributed by atoms with van der Waals surface area (Å²) in [5.74, 6) is 0.187. The van der Waals surface area contributed by atoms with Crippen LogP contribution in [0.15, 0.2) is 77.7 Å². The van der Waals surface area contributed by atoms with Crippen LogP contribution in [0.3, 0.4) is 0 Å². The Balaban J connectivity index is 1.84. The zero-order valence-corrected chi connectivity index (χ0v) is 16.1. The molecule has 0 amide bonds. The van der Waals surface area contributed by atoms with Crippen molar-refractivity contribution in [2.45, 2.75) is 0 Å². The number of hydrogen-bond donors (Lipinski definition) is 3. The summed E-state index contributed by atoms with van der Waals surface area (Å²) < 4.78 is 0. The van der Waals surface area contributed by atoms with Gasteiger partial charge in [0.2, 0.25) is 0 Å². The van der Waals surface area contributed by atoms with E-state index in [1.807, 2.05) is 18.2 Å². The average molecular weight is 405 g/mol. The summed E-state index contributed by atoms with van der Waals surface area (Å²) in [6, 6.07) is 18.9. The Kier molecular flexibility index (Phi) is 3.52. The maximum atomic E-state index is 12.2. The molecule has 0 saturated carbocycles. The molecule has 0 aliphatic rings. The Labute approximate surface area is 175 Å². The van der Waals surface area contributed by atoms with Gasteiger partial charge in [0, 0.05) is 17.1 Å². The summed E-state index contributed by atoms with van der Waals surface area (Å²) >= 11 is 0. The first kappa shape index (κ1) is 17.4. The second-order valence-corrected chi connectivity index (χ2v) is 7.50. The van der Waals surface area contributed by atoms with Gasteiger partial charge in [-0.25, -0.2) is 9.97 Å². The van der Waals surface area contributed by atoms with Crippen LogP contribution in [0.5, 0.6) is 11.5 Å². The van der Waals surface area contributed by atoms with Gasteiger partial charge in [0.05, 0.1) is 11.0 Å². The molecule has 0 atom stereocenters. The van der Waals surface area contributed by atoms with Gasteiger partial charge in [0.25, 0.3) is 0 Å². The molecule has 0 unspecified atom stereocenters. The normalized spacial score (nSPS) is 11.6. The lowest BCUT2D eigenvalue weighted by Gasteiger charge is -2.14. The standard InChI is InChI=1S/C25H15N3O3/c29-14-5-3-13-4-8-22(31)23(17(13)10-14)18-12-21-24(19-11-15(30)6-7-16(18)19)27-20-2-1-9-26-25(20)28-21/h1-12,29,31H,(H,26,28). The monoisotopic (exact) mass is 405 g/mol. The molecule has 6 nitrogen and oxygen atoms in total. The van der Waals surface area contributed by atoms with Crippen molar-refractivity contribution in [3.05, 3.63) is 83.2 Å². The highest BCUT2D eigenvalue weighted by molar-refractivity contribution is 6.16. The van der Waals surface area contributed by atoms with Crippen molar-refractivity contribution in [1.29, 1.82) is 0 Å². The molecule has 0 bridgehead atoms. The molecule has 6 rings (SSSR count). The summed E-state index contributed by atoms with van der Waals surface area (Å²) in [7, 11) is 0. The van der Waals surface area contributed by atoms with Gasteiger partial charge in [0.15, 0.2) is 11.1 Å². The van der Waals surface area contributed by atoms with Crippen molar-refractivity contribution in [2.75, 3.05) is 0 Å². The number of benzene rings is 4. The first-order chi connectivity index (χ1) is 15.1. The molecule has 0 aliphatic heterocycles. The van der Waals surface area contributed by atoms with Crippen molar-refractivity contribution in [2.24, 2.45) is 0 Å². The number of nitrogens with one attached hydrogen (secondary N) is 1. The van der Waals surface area contributed by atoms with Crippen LogP contribution in [-0.2, 0) is 0 Å². The molecule has 0 spiro atoms. The molecule has 0 radical (unpaired) electrons. The number of phenolic OH excluding ortho intramolecular Hbond substituents is 2. The highest BCUT2D eigenvalue weighted by atomic mass is 16.3. The van der Waals surface area contributed by atoms with Crippen LogP contribution in [0, 0.1) is 0 Å². The van der Waals surface area contributed by atoms with Crippen molar-refractivity contribution >= 4 is 43.7 Å². The highest BCUT2D eigenvalue weighted by Gasteiger charge is 2.17. The molecule has 2 heterocycles. The largest absolute Gasteiger partial charge is 0.508 e. The maximum absolute atomic E-state index is 12.2. The van der Waals surface area contributed by atoms with E-state index >= 15 is 0 Å². The minimum atomic E-state index is -0.126. The lowest BCUT2D eigenvalue weighted by molar-refractivity contribution is 0.475. The van der Waals surface area contributed by atoms with E-state index in [9.17, 15) is 15.0 Å². The van der Waals surface area contributed by atoms with E-state index in [4.69, 9.17) is 4.98 Å². The van der Waals surface area contributed by atoms with E-state index in [1.54, 1.807) is 48.7 Å². The number of nitrogens with zero attached hydrogens (tertiary/aromatic N) is 2. The van der Waals surface area contributed by atoms with Gasteiger partial charge < -0.3 is 15.2 Å². The summed E-state index contributed by atoms with van der Waals surface area (Å²) in [5.41, 5.74) is 3.84. The van der Waals surface area contributed by atoms with E-state index in [0.29, 0.717) is 38.5 Å². The van der Waals surface area contributed by atoms with Crippen LogP contribution in [0.1, 0.15) is 0 Å². The molecule has 0 aliphatic carbocycles. The molecule has 0 saturated heterocycles. The Morgan fingerprint density at radius 3 is 2.61 bits per heavy atom. The molecular weight excluding hydrogens is 390 g/mol. The van der Waals surface area contributed by atoms with Crippen LogP contribution >= 0.6 is 0 Å². The predicted molar refractivity (Wildman–Crippen MR) is 121 cm³/mol. The zero-order valence-electron chi connectivity index (χ0n) is 16.1. The maximum Gasteiger partial charge on any atom is 0.179 e. The summed E-state index contributed by atoms with van der Waals surface area (Å²) in [6.45, 7) is 0. The number of rotatable bonds is 1. The fourth-order valence-electron chi connectivity index (χ4n) is 4.22. The summed E-state index contributed by atoms with van der Waals surface area (Å²) in [4.78, 5) is 24.6. The second-order valence-electron chi connectivity index (χ2n) is 7.50. The smallest absolute Gasteiger partial charge is 0.179 e. The van der Waals surface area contributed by atoms with Crippen molar-refractivity contribution in [3.8, 4) is 22.6 Å². The van der Waals surface area contributed by atoms with Crippen LogP contribution in [0.4, 0.5) is 0 Å². The third kappa shape index (κ3) is 2.62. The van der Waals surface area contributed by atoms with Gasteiger partial charge in [0.1, 0.15) is 17.0 Å². The summed E-state index contributed by atoms with van der Waals surface area (Å²) in [5, 5.41) is 24.0. The van der Waals surface area contributed by atoms with Crippen molar-refractivity contribution in [1.82, 2.24) is 15.0 Å². The van der Waals surface area contributed by atoms with Crippen LogP contribution in [0.25, 0.3) is 54.9 Å². The first-order valence-electron chi connectivity index (χ1n) is 9.75. The number of aromatic hydroxyl groups is 2. The number of pyridine rings is 1. The van der Waals surface area contributed by atoms with E-state index < -0.39 is 0 Å². The van der Waals surface area contributed by atoms with Gasteiger partial charge >= 0.3 is 0 Å². The average Bonchev–Trinajstić information content (AvgIpc) is 2.77. The fraction of sp³-hybridized carbons (Fsp3) is 0. The lowest BCUT2D eigenvalue weighted by atomic mass is 9.92. The number of aromatic amines is 1. The molecule has 3 N–H and O–H groups in total. The molecule has 0 fully saturated rings. The molecule has 31 heavy (non-hydrogen) atoms.